The van der Waals surface area contributed by atoms with Crippen molar-refractivity contribution >= 4 is 23.3 Å². The number of anilines is 2. The third-order valence-corrected chi connectivity index (χ3v) is 3.59. The van der Waals surface area contributed by atoms with Crippen LogP contribution in [0.1, 0.15) is 0 Å². The zero-order chi connectivity index (χ0) is 15.0. The van der Waals surface area contributed by atoms with E-state index in [0.29, 0.717) is 5.82 Å². The third kappa shape index (κ3) is 2.33. The van der Waals surface area contributed by atoms with Gasteiger partial charge in [0.25, 0.3) is 0 Å². The first kappa shape index (κ1) is 13.2. The second kappa shape index (κ2) is 4.93. The van der Waals surface area contributed by atoms with Gasteiger partial charge in [-0.25, -0.2) is 0 Å². The molecule has 0 bridgehead atoms. The summed E-state index contributed by atoms with van der Waals surface area (Å²) in [6, 6.07) is 7.54. The number of aromatic amines is 1. The van der Waals surface area contributed by atoms with Crippen LogP contribution in [0.3, 0.4) is 0 Å². The molecule has 2 aromatic rings. The number of nitrogens with one attached hydrogen (secondary N) is 1. The maximum Gasteiger partial charge on any atom is 0.248 e. The molecule has 1 fully saturated rings. The van der Waals surface area contributed by atoms with E-state index in [9.17, 15) is 9.59 Å². The van der Waals surface area contributed by atoms with Crippen molar-refractivity contribution in [2.24, 2.45) is 0 Å². The average molecular weight is 285 g/mol. The minimum atomic E-state index is -0.209. The lowest BCUT2D eigenvalue weighted by Gasteiger charge is -2.32. The van der Waals surface area contributed by atoms with E-state index in [2.05, 4.69) is 10.2 Å². The molecule has 2 amide bonds. The number of nitrogens with zero attached hydrogens (tertiary/aromatic N) is 3. The average Bonchev–Trinajstić information content (AvgIpc) is 2.90. The summed E-state index contributed by atoms with van der Waals surface area (Å²) in [4.78, 5) is 26.5. The van der Waals surface area contributed by atoms with Gasteiger partial charge in [0.1, 0.15) is 5.82 Å². The standard InChI is InChI=1S/C14H15N5O2/c1-18-12(20)7-19(8-13(18)21)10-4-2-3-9(5-10)11-6-16-17-14(11)15/h2-6H,7-8H2,1H3,(H3,15,16,17). The number of hydrogen-bond donors (Lipinski definition) is 2. The van der Waals surface area contributed by atoms with Gasteiger partial charge in [0.2, 0.25) is 11.8 Å². The number of benzene rings is 1. The van der Waals surface area contributed by atoms with Gasteiger partial charge in [-0.1, -0.05) is 12.1 Å². The minimum absolute atomic E-state index is 0.187. The molecule has 0 atom stereocenters. The number of amides is 2. The highest BCUT2D eigenvalue weighted by atomic mass is 16.2. The van der Waals surface area contributed by atoms with Gasteiger partial charge in [-0.05, 0) is 17.7 Å². The van der Waals surface area contributed by atoms with Crippen molar-refractivity contribution in [1.29, 1.82) is 0 Å². The molecule has 1 aromatic heterocycles. The quantitative estimate of drug-likeness (QED) is 0.782. The number of imide groups is 1. The molecule has 21 heavy (non-hydrogen) atoms. The van der Waals surface area contributed by atoms with E-state index in [1.807, 2.05) is 24.3 Å². The highest BCUT2D eigenvalue weighted by Gasteiger charge is 2.28. The van der Waals surface area contributed by atoms with Gasteiger partial charge in [0.15, 0.2) is 0 Å². The summed E-state index contributed by atoms with van der Waals surface area (Å²) in [5, 5.41) is 6.58. The zero-order valence-corrected chi connectivity index (χ0v) is 11.5. The summed E-state index contributed by atoms with van der Waals surface area (Å²) in [5.41, 5.74) is 8.31. The summed E-state index contributed by atoms with van der Waals surface area (Å²) in [5.74, 6) is 0.0663. The molecule has 1 saturated heterocycles. The molecule has 0 spiro atoms. The molecule has 108 valence electrons. The first-order valence-electron chi connectivity index (χ1n) is 6.50. The fourth-order valence-corrected chi connectivity index (χ4v) is 2.31. The summed E-state index contributed by atoms with van der Waals surface area (Å²) in [7, 11) is 1.50. The van der Waals surface area contributed by atoms with Crippen LogP contribution in [0.5, 0.6) is 0 Å². The SMILES string of the molecule is CN1C(=O)CN(c2cccc(-c3cn[nH]c3N)c2)CC1=O. The highest BCUT2D eigenvalue weighted by molar-refractivity contribution is 6.02. The van der Waals surface area contributed by atoms with E-state index in [1.165, 1.54) is 7.05 Å². The molecular weight excluding hydrogens is 270 g/mol. The molecule has 0 radical (unpaired) electrons. The maximum absolute atomic E-state index is 11.8. The molecule has 0 saturated carbocycles. The van der Waals surface area contributed by atoms with E-state index < -0.39 is 0 Å². The summed E-state index contributed by atoms with van der Waals surface area (Å²) in [6.45, 7) is 0.374. The number of nitrogens with two attached hydrogens (primary N) is 1. The Bertz CT molecular complexity index is 691. The Morgan fingerprint density at radius 2 is 1.95 bits per heavy atom. The van der Waals surface area contributed by atoms with Crippen molar-refractivity contribution in [2.45, 2.75) is 0 Å². The van der Waals surface area contributed by atoms with Crippen LogP contribution in [-0.4, -0.2) is 47.0 Å². The van der Waals surface area contributed by atoms with Crippen molar-refractivity contribution in [3.05, 3.63) is 30.5 Å². The number of likely N-dealkylation sites (N-methyl/N-ethyl adjacent to an activating group) is 1. The first-order valence-corrected chi connectivity index (χ1v) is 6.50. The van der Waals surface area contributed by atoms with Gasteiger partial charge in [-0.3, -0.25) is 19.6 Å². The monoisotopic (exact) mass is 285 g/mol. The molecule has 3 N–H and O–H groups in total. The molecule has 2 heterocycles. The van der Waals surface area contributed by atoms with Gasteiger partial charge in [-0.2, -0.15) is 5.10 Å². The summed E-state index contributed by atoms with van der Waals surface area (Å²) in [6.07, 6.45) is 1.65. The van der Waals surface area contributed by atoms with Crippen molar-refractivity contribution in [3.63, 3.8) is 0 Å². The van der Waals surface area contributed by atoms with Crippen molar-refractivity contribution in [1.82, 2.24) is 15.1 Å². The van der Waals surface area contributed by atoms with Crippen LogP contribution < -0.4 is 10.6 Å². The van der Waals surface area contributed by atoms with Crippen molar-refractivity contribution in [3.8, 4) is 11.1 Å². The Labute approximate surface area is 121 Å². The summed E-state index contributed by atoms with van der Waals surface area (Å²) >= 11 is 0. The van der Waals surface area contributed by atoms with Gasteiger partial charge >= 0.3 is 0 Å². The number of rotatable bonds is 2. The number of carbonyl (C=O) groups is 2. The maximum atomic E-state index is 11.8. The van der Waals surface area contributed by atoms with Gasteiger partial charge in [0, 0.05) is 18.3 Å². The molecule has 7 heteroatoms. The second-order valence-corrected chi connectivity index (χ2v) is 4.95. The van der Waals surface area contributed by atoms with Crippen molar-refractivity contribution in [2.75, 3.05) is 30.8 Å². The lowest BCUT2D eigenvalue weighted by molar-refractivity contribution is -0.143. The van der Waals surface area contributed by atoms with E-state index in [-0.39, 0.29) is 24.9 Å². The number of nitrogen functional groups attached to an aromatic ring is 1. The third-order valence-electron chi connectivity index (χ3n) is 3.59. The van der Waals surface area contributed by atoms with E-state index in [1.54, 1.807) is 11.1 Å². The topological polar surface area (TPSA) is 95.3 Å². The Morgan fingerprint density at radius 1 is 1.24 bits per heavy atom. The Morgan fingerprint density at radius 3 is 2.57 bits per heavy atom. The predicted octanol–water partition coefficient (Wildman–Crippen LogP) is 0.464. The van der Waals surface area contributed by atoms with E-state index in [4.69, 9.17) is 5.73 Å². The summed E-state index contributed by atoms with van der Waals surface area (Å²) < 4.78 is 0. The highest BCUT2D eigenvalue weighted by Crippen LogP contribution is 2.28. The molecule has 1 aliphatic heterocycles. The van der Waals surface area contributed by atoms with Crippen LogP contribution in [-0.2, 0) is 9.59 Å². The van der Waals surface area contributed by atoms with Crippen LogP contribution in [0.4, 0.5) is 11.5 Å². The van der Waals surface area contributed by atoms with Gasteiger partial charge in [0.05, 0.1) is 19.3 Å². The molecule has 3 rings (SSSR count). The fraction of sp³-hybridized carbons (Fsp3) is 0.214. The lowest BCUT2D eigenvalue weighted by Crippen LogP contribution is -2.52. The predicted molar refractivity (Wildman–Crippen MR) is 78.4 cm³/mol. The van der Waals surface area contributed by atoms with Crippen molar-refractivity contribution < 1.29 is 9.59 Å². The number of carbonyl (C=O) groups excluding carboxylic acids is 2. The van der Waals surface area contributed by atoms with Crippen LogP contribution in [0.15, 0.2) is 30.5 Å². The first-order chi connectivity index (χ1) is 10.1. The van der Waals surface area contributed by atoms with Crippen LogP contribution in [0.2, 0.25) is 0 Å². The van der Waals surface area contributed by atoms with Gasteiger partial charge in [-0.15, -0.1) is 0 Å². The van der Waals surface area contributed by atoms with Crippen LogP contribution >= 0.6 is 0 Å². The Kier molecular flexibility index (Phi) is 3.09. The number of aromatic nitrogens is 2. The molecular formula is C14H15N5O2. The molecule has 0 aliphatic carbocycles. The van der Waals surface area contributed by atoms with E-state index >= 15 is 0 Å². The van der Waals surface area contributed by atoms with Gasteiger partial charge < -0.3 is 10.6 Å². The number of H-pyrrole nitrogens is 1. The molecule has 1 aromatic carbocycles. The largest absolute Gasteiger partial charge is 0.384 e. The second-order valence-electron chi connectivity index (χ2n) is 4.95. The van der Waals surface area contributed by atoms with E-state index in [0.717, 1.165) is 21.7 Å². The lowest BCUT2D eigenvalue weighted by atomic mass is 10.1. The Balaban J connectivity index is 1.92. The fourth-order valence-electron chi connectivity index (χ4n) is 2.31. The zero-order valence-electron chi connectivity index (χ0n) is 11.5. The normalized spacial score (nSPS) is 15.7. The number of piperazine rings is 1. The number of hydrogen-bond acceptors (Lipinski definition) is 5. The smallest absolute Gasteiger partial charge is 0.248 e. The molecule has 1 aliphatic rings. The minimum Gasteiger partial charge on any atom is -0.384 e. The molecule has 7 nitrogen and oxygen atoms in total. The van der Waals surface area contributed by atoms with Crippen LogP contribution in [0, 0.1) is 0 Å². The van der Waals surface area contributed by atoms with Crippen LogP contribution in [0.25, 0.3) is 11.1 Å². The molecule has 0 unspecified atom stereocenters. The Hall–Kier alpha value is -2.83.